The molecule has 1 N–H and O–H groups in total. The van der Waals surface area contributed by atoms with Crippen molar-refractivity contribution in [2.75, 3.05) is 11.9 Å². The van der Waals surface area contributed by atoms with Crippen LogP contribution < -0.4 is 4.90 Å². The van der Waals surface area contributed by atoms with Gasteiger partial charge in [-0.05, 0) is 12.1 Å². The average Bonchev–Trinajstić information content (AvgIpc) is 2.70. The number of aliphatic hydroxyl groups excluding tert-OH is 1. The number of benzene rings is 1. The summed E-state index contributed by atoms with van der Waals surface area (Å²) in [6.07, 6.45) is 0. The fourth-order valence-corrected chi connectivity index (χ4v) is 2.48. The van der Waals surface area contributed by atoms with Gasteiger partial charge in [0.15, 0.2) is 5.13 Å². The second-order valence-electron chi connectivity index (χ2n) is 3.38. The SMILES string of the molecule is CN(c1nc(Cl)c(CO)s1)c1ccccc1F. The minimum absolute atomic E-state index is 0.165. The van der Waals surface area contributed by atoms with Crippen molar-refractivity contribution in [1.29, 1.82) is 0 Å². The van der Waals surface area contributed by atoms with Crippen molar-refractivity contribution >= 4 is 33.8 Å². The Morgan fingerprint density at radius 1 is 1.47 bits per heavy atom. The first-order valence-electron chi connectivity index (χ1n) is 4.87. The summed E-state index contributed by atoms with van der Waals surface area (Å²) in [7, 11) is 1.70. The molecule has 2 rings (SSSR count). The van der Waals surface area contributed by atoms with Crippen molar-refractivity contribution in [3.8, 4) is 0 Å². The summed E-state index contributed by atoms with van der Waals surface area (Å²) < 4.78 is 13.6. The molecule has 2 aromatic rings. The van der Waals surface area contributed by atoms with Crippen LogP contribution in [0.4, 0.5) is 15.2 Å². The van der Waals surface area contributed by atoms with Crippen LogP contribution in [0.3, 0.4) is 0 Å². The summed E-state index contributed by atoms with van der Waals surface area (Å²) in [5.41, 5.74) is 0.419. The van der Waals surface area contributed by atoms with E-state index in [1.807, 2.05) is 0 Å². The zero-order valence-electron chi connectivity index (χ0n) is 9.02. The molecular formula is C11H10ClFN2OS. The average molecular weight is 273 g/mol. The van der Waals surface area contributed by atoms with Crippen LogP contribution in [0.25, 0.3) is 0 Å². The number of halogens is 2. The molecule has 0 amide bonds. The van der Waals surface area contributed by atoms with E-state index in [4.69, 9.17) is 16.7 Å². The normalized spacial score (nSPS) is 10.6. The van der Waals surface area contributed by atoms with E-state index < -0.39 is 0 Å². The lowest BCUT2D eigenvalue weighted by Gasteiger charge is -2.16. The second-order valence-corrected chi connectivity index (χ2v) is 4.80. The molecule has 0 atom stereocenters. The number of aromatic nitrogens is 1. The number of rotatable bonds is 3. The molecule has 0 radical (unpaired) electrons. The van der Waals surface area contributed by atoms with Crippen molar-refractivity contribution in [2.24, 2.45) is 0 Å². The Morgan fingerprint density at radius 2 is 2.18 bits per heavy atom. The van der Waals surface area contributed by atoms with Gasteiger partial charge in [-0.25, -0.2) is 9.37 Å². The summed E-state index contributed by atoms with van der Waals surface area (Å²) >= 11 is 7.07. The van der Waals surface area contributed by atoms with Crippen molar-refractivity contribution < 1.29 is 9.50 Å². The number of thiazole rings is 1. The van der Waals surface area contributed by atoms with Crippen LogP contribution in [0.15, 0.2) is 24.3 Å². The number of hydrogen-bond donors (Lipinski definition) is 1. The van der Waals surface area contributed by atoms with Crippen molar-refractivity contribution in [2.45, 2.75) is 6.61 Å². The zero-order valence-corrected chi connectivity index (χ0v) is 10.6. The Labute approximate surface area is 107 Å². The van der Waals surface area contributed by atoms with Gasteiger partial charge in [0.2, 0.25) is 0 Å². The lowest BCUT2D eigenvalue weighted by atomic mass is 10.3. The molecule has 0 saturated heterocycles. The highest BCUT2D eigenvalue weighted by Crippen LogP contribution is 2.33. The predicted molar refractivity (Wildman–Crippen MR) is 67.5 cm³/mol. The van der Waals surface area contributed by atoms with Crippen LogP contribution in [0.5, 0.6) is 0 Å². The lowest BCUT2D eigenvalue weighted by molar-refractivity contribution is 0.285. The molecule has 90 valence electrons. The van der Waals surface area contributed by atoms with E-state index in [0.29, 0.717) is 15.7 Å². The molecule has 1 heterocycles. The molecule has 0 fully saturated rings. The first-order valence-corrected chi connectivity index (χ1v) is 6.07. The maximum Gasteiger partial charge on any atom is 0.191 e. The summed E-state index contributed by atoms with van der Waals surface area (Å²) in [4.78, 5) is 6.26. The molecule has 0 saturated carbocycles. The van der Waals surface area contributed by atoms with E-state index in [0.717, 1.165) is 0 Å². The van der Waals surface area contributed by atoms with Crippen LogP contribution in [-0.4, -0.2) is 17.1 Å². The van der Waals surface area contributed by atoms with E-state index in [2.05, 4.69) is 4.98 Å². The van der Waals surface area contributed by atoms with Gasteiger partial charge in [0.25, 0.3) is 0 Å². The Morgan fingerprint density at radius 3 is 2.76 bits per heavy atom. The Hall–Kier alpha value is -1.17. The first-order chi connectivity index (χ1) is 8.13. The standard InChI is InChI=1S/C11H10ClFN2OS/c1-15(8-5-3-2-4-7(8)13)11-14-10(12)9(6-16)17-11/h2-5,16H,6H2,1H3. The summed E-state index contributed by atoms with van der Waals surface area (Å²) in [5.74, 6) is -0.327. The Balaban J connectivity index is 2.37. The molecule has 3 nitrogen and oxygen atoms in total. The van der Waals surface area contributed by atoms with Gasteiger partial charge >= 0.3 is 0 Å². The van der Waals surface area contributed by atoms with Gasteiger partial charge in [-0.2, -0.15) is 0 Å². The zero-order chi connectivity index (χ0) is 12.4. The number of aliphatic hydroxyl groups is 1. The third-order valence-corrected chi connectivity index (χ3v) is 3.82. The fraction of sp³-hybridized carbons (Fsp3) is 0.182. The molecular weight excluding hydrogens is 263 g/mol. The van der Waals surface area contributed by atoms with Gasteiger partial charge in [0, 0.05) is 7.05 Å². The van der Waals surface area contributed by atoms with Crippen molar-refractivity contribution in [3.63, 3.8) is 0 Å². The van der Waals surface area contributed by atoms with Gasteiger partial charge in [-0.1, -0.05) is 35.1 Å². The maximum absolute atomic E-state index is 13.6. The molecule has 0 aliphatic rings. The van der Waals surface area contributed by atoms with Crippen LogP contribution in [0.2, 0.25) is 5.15 Å². The van der Waals surface area contributed by atoms with E-state index in [1.54, 1.807) is 30.1 Å². The Bertz CT molecular complexity index is 532. The minimum Gasteiger partial charge on any atom is -0.391 e. The number of para-hydroxylation sites is 1. The van der Waals surface area contributed by atoms with Crippen LogP contribution >= 0.6 is 22.9 Å². The summed E-state index contributed by atoms with van der Waals surface area (Å²) in [6.45, 7) is -0.165. The summed E-state index contributed by atoms with van der Waals surface area (Å²) in [6, 6.07) is 6.41. The van der Waals surface area contributed by atoms with Crippen molar-refractivity contribution in [1.82, 2.24) is 4.98 Å². The highest BCUT2D eigenvalue weighted by molar-refractivity contribution is 7.16. The van der Waals surface area contributed by atoms with Crippen LogP contribution in [0.1, 0.15) is 4.88 Å². The molecule has 17 heavy (non-hydrogen) atoms. The smallest absolute Gasteiger partial charge is 0.191 e. The van der Waals surface area contributed by atoms with E-state index in [-0.39, 0.29) is 17.6 Å². The van der Waals surface area contributed by atoms with Gasteiger partial charge in [-0.3, -0.25) is 0 Å². The molecule has 0 spiro atoms. The van der Waals surface area contributed by atoms with Gasteiger partial charge in [0.1, 0.15) is 11.0 Å². The molecule has 1 aromatic heterocycles. The molecule has 6 heteroatoms. The fourth-order valence-electron chi connectivity index (χ4n) is 1.39. The van der Waals surface area contributed by atoms with Crippen molar-refractivity contribution in [3.05, 3.63) is 40.1 Å². The van der Waals surface area contributed by atoms with E-state index in [1.165, 1.54) is 17.4 Å². The highest BCUT2D eigenvalue weighted by atomic mass is 35.5. The third-order valence-electron chi connectivity index (χ3n) is 2.28. The lowest BCUT2D eigenvalue weighted by Crippen LogP contribution is -2.10. The maximum atomic E-state index is 13.6. The van der Waals surface area contributed by atoms with E-state index >= 15 is 0 Å². The minimum atomic E-state index is -0.327. The molecule has 0 bridgehead atoms. The number of nitrogens with zero attached hydrogens (tertiary/aromatic N) is 2. The van der Waals surface area contributed by atoms with E-state index in [9.17, 15) is 4.39 Å². The molecule has 0 aliphatic carbocycles. The number of hydrogen-bond acceptors (Lipinski definition) is 4. The topological polar surface area (TPSA) is 36.4 Å². The molecule has 1 aromatic carbocycles. The van der Waals surface area contributed by atoms with Gasteiger partial charge < -0.3 is 10.0 Å². The first kappa shape index (κ1) is 12.3. The van der Waals surface area contributed by atoms with Crippen LogP contribution in [0, 0.1) is 5.82 Å². The Kier molecular flexibility index (Phi) is 3.61. The second kappa shape index (κ2) is 5.00. The monoisotopic (exact) mass is 272 g/mol. The largest absolute Gasteiger partial charge is 0.391 e. The molecule has 0 aliphatic heterocycles. The van der Waals surface area contributed by atoms with Crippen LogP contribution in [-0.2, 0) is 6.61 Å². The molecule has 0 unspecified atom stereocenters. The van der Waals surface area contributed by atoms with Gasteiger partial charge in [-0.15, -0.1) is 0 Å². The quantitative estimate of drug-likeness (QED) is 0.932. The number of anilines is 2. The highest BCUT2D eigenvalue weighted by Gasteiger charge is 2.15. The third kappa shape index (κ3) is 2.41. The van der Waals surface area contributed by atoms with Gasteiger partial charge in [0.05, 0.1) is 17.2 Å². The predicted octanol–water partition coefficient (Wildman–Crippen LogP) is 3.20. The summed E-state index contributed by atoms with van der Waals surface area (Å²) in [5, 5.41) is 9.84.